The van der Waals surface area contributed by atoms with E-state index in [4.69, 9.17) is 9.72 Å². The Morgan fingerprint density at radius 1 is 1.04 bits per heavy atom. The topological polar surface area (TPSA) is 57.8 Å². The van der Waals surface area contributed by atoms with Gasteiger partial charge in [0.25, 0.3) is 0 Å². The van der Waals surface area contributed by atoms with Crippen LogP contribution >= 0.6 is 11.8 Å². The highest BCUT2D eigenvalue weighted by Crippen LogP contribution is 2.31. The molecule has 4 aromatic rings. The summed E-state index contributed by atoms with van der Waals surface area (Å²) in [6, 6.07) is 16.1. The number of rotatable bonds is 6. The molecule has 0 aliphatic heterocycles. The molecule has 0 amide bonds. The van der Waals surface area contributed by atoms with Crippen molar-refractivity contribution in [1.82, 2.24) is 24.3 Å². The molecule has 0 atom stereocenters. The van der Waals surface area contributed by atoms with Crippen LogP contribution in [0, 0.1) is 0 Å². The van der Waals surface area contributed by atoms with E-state index in [-0.39, 0.29) is 0 Å². The molecule has 0 radical (unpaired) electrons. The standard InChI is InChI=1S/C20H21N5OS/c1-4-25-19(14-9-5-8-12-17(14)26-3)22-23-20(25)27-13-18-21-15-10-6-7-11-16(15)24(18)2/h5-12H,4,13H2,1-3H3. The van der Waals surface area contributed by atoms with Gasteiger partial charge in [-0.2, -0.15) is 0 Å². The van der Waals surface area contributed by atoms with E-state index in [2.05, 4.69) is 39.4 Å². The third kappa shape index (κ3) is 3.19. The SMILES string of the molecule is CCn1c(SCc2nc3ccccc3n2C)nnc1-c1ccccc1OC. The van der Waals surface area contributed by atoms with Crippen molar-refractivity contribution in [3.8, 4) is 17.1 Å². The largest absolute Gasteiger partial charge is 0.496 e. The quantitative estimate of drug-likeness (QED) is 0.471. The van der Waals surface area contributed by atoms with Crippen molar-refractivity contribution in [3.63, 3.8) is 0 Å². The van der Waals surface area contributed by atoms with Crippen LogP contribution in [0.5, 0.6) is 5.75 Å². The summed E-state index contributed by atoms with van der Waals surface area (Å²) in [5.41, 5.74) is 3.10. The summed E-state index contributed by atoms with van der Waals surface area (Å²) in [6.45, 7) is 2.88. The maximum absolute atomic E-state index is 5.49. The molecule has 2 heterocycles. The van der Waals surface area contributed by atoms with E-state index in [1.165, 1.54) is 0 Å². The van der Waals surface area contributed by atoms with Crippen LogP contribution in [0.4, 0.5) is 0 Å². The first-order chi connectivity index (χ1) is 13.2. The maximum atomic E-state index is 5.49. The lowest BCUT2D eigenvalue weighted by molar-refractivity contribution is 0.416. The Morgan fingerprint density at radius 3 is 2.59 bits per heavy atom. The molecule has 6 nitrogen and oxygen atoms in total. The van der Waals surface area contributed by atoms with Crippen LogP contribution in [-0.4, -0.2) is 31.4 Å². The Hall–Kier alpha value is -2.80. The van der Waals surface area contributed by atoms with Gasteiger partial charge in [-0.15, -0.1) is 10.2 Å². The summed E-state index contributed by atoms with van der Waals surface area (Å²) < 4.78 is 9.74. The molecule has 0 unspecified atom stereocenters. The minimum absolute atomic E-state index is 0.731. The van der Waals surface area contributed by atoms with Gasteiger partial charge in [0.05, 0.1) is 29.5 Å². The highest BCUT2D eigenvalue weighted by Gasteiger charge is 2.17. The van der Waals surface area contributed by atoms with Gasteiger partial charge < -0.3 is 13.9 Å². The molecule has 7 heteroatoms. The monoisotopic (exact) mass is 379 g/mol. The van der Waals surface area contributed by atoms with Crippen LogP contribution in [0.15, 0.2) is 53.7 Å². The number of ether oxygens (including phenoxy) is 1. The average molecular weight is 379 g/mol. The molecule has 2 aromatic carbocycles. The fraction of sp³-hybridized carbons (Fsp3) is 0.250. The van der Waals surface area contributed by atoms with Crippen molar-refractivity contribution in [2.24, 2.45) is 7.05 Å². The van der Waals surface area contributed by atoms with Crippen LogP contribution < -0.4 is 4.74 Å². The number of para-hydroxylation sites is 3. The second kappa shape index (κ2) is 7.44. The lowest BCUT2D eigenvalue weighted by Gasteiger charge is -2.10. The van der Waals surface area contributed by atoms with Gasteiger partial charge in [-0.1, -0.05) is 36.0 Å². The zero-order valence-electron chi connectivity index (χ0n) is 15.6. The Labute approximate surface area is 162 Å². The number of methoxy groups -OCH3 is 1. The molecule has 0 aliphatic rings. The number of benzene rings is 2. The van der Waals surface area contributed by atoms with Gasteiger partial charge in [0.2, 0.25) is 0 Å². The van der Waals surface area contributed by atoms with Gasteiger partial charge in [-0.3, -0.25) is 0 Å². The highest BCUT2D eigenvalue weighted by molar-refractivity contribution is 7.98. The van der Waals surface area contributed by atoms with Crippen molar-refractivity contribution in [3.05, 3.63) is 54.4 Å². The van der Waals surface area contributed by atoms with Gasteiger partial charge in [-0.25, -0.2) is 4.98 Å². The normalized spacial score (nSPS) is 11.2. The number of nitrogens with zero attached hydrogens (tertiary/aromatic N) is 5. The zero-order chi connectivity index (χ0) is 18.8. The van der Waals surface area contributed by atoms with E-state index < -0.39 is 0 Å². The lowest BCUT2D eigenvalue weighted by Crippen LogP contribution is -2.02. The molecule has 0 N–H and O–H groups in total. The highest BCUT2D eigenvalue weighted by atomic mass is 32.2. The average Bonchev–Trinajstić information content (AvgIpc) is 3.27. The molecule has 2 aromatic heterocycles. The summed E-state index contributed by atoms with van der Waals surface area (Å²) in [5.74, 6) is 3.37. The molecule has 0 fully saturated rings. The number of hydrogen-bond donors (Lipinski definition) is 0. The third-order valence-corrected chi connectivity index (χ3v) is 5.55. The van der Waals surface area contributed by atoms with E-state index >= 15 is 0 Å². The van der Waals surface area contributed by atoms with Gasteiger partial charge >= 0.3 is 0 Å². The Balaban J connectivity index is 1.63. The molecule has 0 spiro atoms. The fourth-order valence-corrected chi connectivity index (χ4v) is 4.15. The first kappa shape index (κ1) is 17.6. The van der Waals surface area contributed by atoms with Crippen LogP contribution in [0.25, 0.3) is 22.4 Å². The zero-order valence-corrected chi connectivity index (χ0v) is 16.4. The minimum atomic E-state index is 0.731. The van der Waals surface area contributed by atoms with Gasteiger partial charge in [-0.05, 0) is 31.2 Å². The molecule has 27 heavy (non-hydrogen) atoms. The van der Waals surface area contributed by atoms with Crippen LogP contribution in [-0.2, 0) is 19.3 Å². The van der Waals surface area contributed by atoms with Gasteiger partial charge in [0, 0.05) is 13.6 Å². The van der Waals surface area contributed by atoms with Crippen molar-refractivity contribution in [2.45, 2.75) is 24.4 Å². The molecule has 0 saturated heterocycles. The van der Waals surface area contributed by atoms with Crippen molar-refractivity contribution < 1.29 is 4.74 Å². The van der Waals surface area contributed by atoms with Crippen LogP contribution in [0.1, 0.15) is 12.7 Å². The number of fused-ring (bicyclic) bond motifs is 1. The Kier molecular flexibility index (Phi) is 4.85. The maximum Gasteiger partial charge on any atom is 0.191 e. The van der Waals surface area contributed by atoms with Crippen molar-refractivity contribution in [1.29, 1.82) is 0 Å². The van der Waals surface area contributed by atoms with Crippen LogP contribution in [0.3, 0.4) is 0 Å². The lowest BCUT2D eigenvalue weighted by atomic mass is 10.2. The van der Waals surface area contributed by atoms with E-state index in [1.54, 1.807) is 18.9 Å². The van der Waals surface area contributed by atoms with E-state index in [9.17, 15) is 0 Å². The summed E-state index contributed by atoms with van der Waals surface area (Å²) in [6.07, 6.45) is 0. The number of imidazole rings is 1. The minimum Gasteiger partial charge on any atom is -0.496 e. The van der Waals surface area contributed by atoms with Crippen LogP contribution in [0.2, 0.25) is 0 Å². The first-order valence-corrected chi connectivity index (χ1v) is 9.81. The number of aromatic nitrogens is 5. The first-order valence-electron chi connectivity index (χ1n) is 8.82. The molecule has 138 valence electrons. The Morgan fingerprint density at radius 2 is 1.81 bits per heavy atom. The van der Waals surface area contributed by atoms with Crippen molar-refractivity contribution in [2.75, 3.05) is 7.11 Å². The molecule has 0 aliphatic carbocycles. The molecular formula is C20H21N5OS. The van der Waals surface area contributed by atoms with Crippen molar-refractivity contribution >= 4 is 22.8 Å². The van der Waals surface area contributed by atoms with Gasteiger partial charge in [0.1, 0.15) is 11.6 Å². The number of thioether (sulfide) groups is 1. The predicted molar refractivity (Wildman–Crippen MR) is 108 cm³/mol. The second-order valence-corrected chi connectivity index (χ2v) is 7.06. The summed E-state index contributed by atoms with van der Waals surface area (Å²) >= 11 is 1.65. The number of aryl methyl sites for hydroxylation is 1. The molecule has 4 rings (SSSR count). The van der Waals surface area contributed by atoms with E-state index in [1.807, 2.05) is 42.5 Å². The summed E-state index contributed by atoms with van der Waals surface area (Å²) in [5, 5.41) is 9.73. The number of hydrogen-bond acceptors (Lipinski definition) is 5. The second-order valence-electron chi connectivity index (χ2n) is 6.12. The third-order valence-electron chi connectivity index (χ3n) is 4.59. The molecular weight excluding hydrogens is 358 g/mol. The van der Waals surface area contributed by atoms with E-state index in [0.717, 1.165) is 51.4 Å². The Bertz CT molecular complexity index is 1090. The van der Waals surface area contributed by atoms with E-state index in [0.29, 0.717) is 0 Å². The summed E-state index contributed by atoms with van der Waals surface area (Å²) in [7, 11) is 3.73. The fourth-order valence-electron chi connectivity index (χ4n) is 3.16. The molecule has 0 bridgehead atoms. The summed E-state index contributed by atoms with van der Waals surface area (Å²) in [4.78, 5) is 4.74. The smallest absolute Gasteiger partial charge is 0.191 e. The predicted octanol–water partition coefficient (Wildman–Crippen LogP) is 4.15. The van der Waals surface area contributed by atoms with Gasteiger partial charge in [0.15, 0.2) is 11.0 Å². The molecule has 0 saturated carbocycles.